The molecule has 6 heteroatoms. The van der Waals surface area contributed by atoms with Gasteiger partial charge in [-0.15, -0.1) is 0 Å². The number of aromatic nitrogens is 1. The molecule has 140 valence electrons. The smallest absolute Gasteiger partial charge is 0.255 e. The first-order chi connectivity index (χ1) is 13.5. The predicted octanol–water partition coefficient (Wildman–Crippen LogP) is 4.74. The zero-order valence-electron chi connectivity index (χ0n) is 15.6. The molecular formula is C22H20N4O2. The van der Waals surface area contributed by atoms with E-state index in [9.17, 15) is 4.79 Å². The number of hydrogen-bond acceptors (Lipinski definition) is 5. The lowest BCUT2D eigenvalue weighted by atomic mass is 10.2. The van der Waals surface area contributed by atoms with E-state index < -0.39 is 0 Å². The first kappa shape index (κ1) is 18.9. The van der Waals surface area contributed by atoms with Gasteiger partial charge in [0.2, 0.25) is 0 Å². The minimum Gasteiger partial charge on any atom is -0.489 e. The minimum atomic E-state index is -0.262. The number of anilines is 3. The molecule has 3 aromatic rings. The average Bonchev–Trinajstić information content (AvgIpc) is 2.70. The fourth-order valence-electron chi connectivity index (χ4n) is 2.54. The van der Waals surface area contributed by atoms with Gasteiger partial charge in [-0.2, -0.15) is 5.26 Å². The Morgan fingerprint density at radius 2 is 1.86 bits per heavy atom. The van der Waals surface area contributed by atoms with E-state index in [1.54, 1.807) is 42.6 Å². The molecule has 1 amide bonds. The van der Waals surface area contributed by atoms with E-state index in [0.29, 0.717) is 28.4 Å². The van der Waals surface area contributed by atoms with Gasteiger partial charge in [-0.05, 0) is 62.4 Å². The van der Waals surface area contributed by atoms with Crippen molar-refractivity contribution in [2.75, 3.05) is 10.6 Å². The van der Waals surface area contributed by atoms with Crippen LogP contribution < -0.4 is 15.4 Å². The number of ether oxygens (including phenoxy) is 1. The molecule has 0 saturated heterocycles. The predicted molar refractivity (Wildman–Crippen MR) is 109 cm³/mol. The third kappa shape index (κ3) is 4.86. The minimum absolute atomic E-state index is 0.0421. The third-order valence-corrected chi connectivity index (χ3v) is 3.81. The number of nitrogens with one attached hydrogen (secondary N) is 2. The summed E-state index contributed by atoms with van der Waals surface area (Å²) in [5.41, 5.74) is 2.39. The lowest BCUT2D eigenvalue weighted by Gasteiger charge is -2.15. The molecule has 0 aliphatic heterocycles. The molecule has 3 rings (SSSR count). The van der Waals surface area contributed by atoms with Crippen molar-refractivity contribution in [1.82, 2.24) is 4.98 Å². The Morgan fingerprint density at radius 3 is 2.57 bits per heavy atom. The molecule has 2 N–H and O–H groups in total. The quantitative estimate of drug-likeness (QED) is 0.653. The summed E-state index contributed by atoms with van der Waals surface area (Å²) < 4.78 is 5.80. The summed E-state index contributed by atoms with van der Waals surface area (Å²) in [7, 11) is 0. The highest BCUT2D eigenvalue weighted by Crippen LogP contribution is 2.27. The standard InChI is InChI=1S/C22H20N4O2/c1-15(2)28-20-6-4-3-5-19(20)26-21-13-17(11-12-24-21)22(27)25-18-9-7-16(14-23)8-10-18/h3-13,15H,1-2H3,(H,24,26)(H,25,27). The van der Waals surface area contributed by atoms with Crippen molar-refractivity contribution < 1.29 is 9.53 Å². The Morgan fingerprint density at radius 1 is 1.11 bits per heavy atom. The molecule has 0 saturated carbocycles. The summed E-state index contributed by atoms with van der Waals surface area (Å²) in [6.07, 6.45) is 1.61. The highest BCUT2D eigenvalue weighted by molar-refractivity contribution is 6.04. The van der Waals surface area contributed by atoms with Crippen molar-refractivity contribution in [1.29, 1.82) is 5.26 Å². The van der Waals surface area contributed by atoms with Crippen LogP contribution in [0.25, 0.3) is 0 Å². The highest BCUT2D eigenvalue weighted by Gasteiger charge is 2.10. The SMILES string of the molecule is CC(C)Oc1ccccc1Nc1cc(C(=O)Nc2ccc(C#N)cc2)ccn1. The van der Waals surface area contributed by atoms with Gasteiger partial charge in [-0.25, -0.2) is 4.98 Å². The molecule has 0 aliphatic carbocycles. The molecule has 0 aliphatic rings. The summed E-state index contributed by atoms with van der Waals surface area (Å²) in [5, 5.41) is 14.9. The van der Waals surface area contributed by atoms with Crippen LogP contribution in [0.4, 0.5) is 17.2 Å². The second-order valence-electron chi connectivity index (χ2n) is 6.36. The molecule has 0 fully saturated rings. The van der Waals surface area contributed by atoms with Gasteiger partial charge in [-0.3, -0.25) is 4.79 Å². The maximum Gasteiger partial charge on any atom is 0.255 e. The number of nitriles is 1. The van der Waals surface area contributed by atoms with E-state index in [4.69, 9.17) is 10.00 Å². The Labute approximate surface area is 163 Å². The van der Waals surface area contributed by atoms with Crippen LogP contribution in [0.3, 0.4) is 0 Å². The Kier molecular flexibility index (Phi) is 5.87. The van der Waals surface area contributed by atoms with Crippen LogP contribution in [0.15, 0.2) is 66.9 Å². The van der Waals surface area contributed by atoms with Gasteiger partial charge in [-0.1, -0.05) is 12.1 Å². The largest absolute Gasteiger partial charge is 0.489 e. The number of nitrogens with zero attached hydrogens (tertiary/aromatic N) is 2. The molecule has 6 nitrogen and oxygen atoms in total. The molecule has 0 spiro atoms. The maximum atomic E-state index is 12.5. The summed E-state index contributed by atoms with van der Waals surface area (Å²) in [6, 6.07) is 19.6. The van der Waals surface area contributed by atoms with Crippen molar-refractivity contribution in [3.8, 4) is 11.8 Å². The average molecular weight is 372 g/mol. The molecule has 28 heavy (non-hydrogen) atoms. The summed E-state index contributed by atoms with van der Waals surface area (Å²) in [6.45, 7) is 3.92. The zero-order chi connectivity index (χ0) is 19.9. The first-order valence-electron chi connectivity index (χ1n) is 8.85. The Balaban J connectivity index is 1.75. The maximum absolute atomic E-state index is 12.5. The Hall–Kier alpha value is -3.85. The van der Waals surface area contributed by atoms with Crippen LogP contribution >= 0.6 is 0 Å². The van der Waals surface area contributed by atoms with Crippen LogP contribution in [0.1, 0.15) is 29.8 Å². The lowest BCUT2D eigenvalue weighted by Crippen LogP contribution is -2.12. The van der Waals surface area contributed by atoms with Crippen molar-refractivity contribution >= 4 is 23.1 Å². The molecule has 1 aromatic heterocycles. The molecule has 2 aromatic carbocycles. The van der Waals surface area contributed by atoms with Gasteiger partial charge in [0.1, 0.15) is 11.6 Å². The molecule has 0 atom stereocenters. The Bertz CT molecular complexity index is 1010. The van der Waals surface area contributed by atoms with Gasteiger partial charge in [0.05, 0.1) is 23.4 Å². The normalized spacial score (nSPS) is 10.2. The fraction of sp³-hybridized carbons (Fsp3) is 0.136. The van der Waals surface area contributed by atoms with Crippen LogP contribution in [-0.4, -0.2) is 17.0 Å². The number of carbonyl (C=O) groups is 1. The zero-order valence-corrected chi connectivity index (χ0v) is 15.6. The number of hydrogen-bond donors (Lipinski definition) is 2. The molecule has 1 heterocycles. The van der Waals surface area contributed by atoms with Crippen LogP contribution in [0, 0.1) is 11.3 Å². The topological polar surface area (TPSA) is 87.0 Å². The summed E-state index contributed by atoms with van der Waals surface area (Å²) >= 11 is 0. The molecular weight excluding hydrogens is 352 g/mol. The number of pyridine rings is 1. The van der Waals surface area contributed by atoms with E-state index >= 15 is 0 Å². The van der Waals surface area contributed by atoms with Gasteiger partial charge in [0.25, 0.3) is 5.91 Å². The third-order valence-electron chi connectivity index (χ3n) is 3.81. The fourth-order valence-corrected chi connectivity index (χ4v) is 2.54. The molecule has 0 radical (unpaired) electrons. The van der Waals surface area contributed by atoms with E-state index in [-0.39, 0.29) is 12.0 Å². The van der Waals surface area contributed by atoms with Crippen molar-refractivity contribution in [3.05, 3.63) is 78.0 Å². The number of amides is 1. The summed E-state index contributed by atoms with van der Waals surface area (Å²) in [5.74, 6) is 0.987. The first-order valence-corrected chi connectivity index (χ1v) is 8.85. The van der Waals surface area contributed by atoms with E-state index in [1.165, 1.54) is 0 Å². The van der Waals surface area contributed by atoms with E-state index in [2.05, 4.69) is 15.6 Å². The molecule has 0 bridgehead atoms. The van der Waals surface area contributed by atoms with Crippen molar-refractivity contribution in [3.63, 3.8) is 0 Å². The monoisotopic (exact) mass is 372 g/mol. The second-order valence-corrected chi connectivity index (χ2v) is 6.36. The van der Waals surface area contributed by atoms with Crippen LogP contribution in [0.5, 0.6) is 5.75 Å². The van der Waals surface area contributed by atoms with E-state index in [0.717, 1.165) is 5.69 Å². The van der Waals surface area contributed by atoms with Gasteiger partial charge < -0.3 is 15.4 Å². The van der Waals surface area contributed by atoms with Crippen molar-refractivity contribution in [2.24, 2.45) is 0 Å². The molecule has 0 unspecified atom stereocenters. The summed E-state index contributed by atoms with van der Waals surface area (Å²) in [4.78, 5) is 16.8. The number of para-hydroxylation sites is 2. The number of benzene rings is 2. The second kappa shape index (κ2) is 8.69. The van der Waals surface area contributed by atoms with Gasteiger partial charge in [0, 0.05) is 17.4 Å². The van der Waals surface area contributed by atoms with E-state index in [1.807, 2.05) is 44.2 Å². The van der Waals surface area contributed by atoms with Crippen LogP contribution in [0.2, 0.25) is 0 Å². The van der Waals surface area contributed by atoms with Gasteiger partial charge in [0.15, 0.2) is 0 Å². The number of rotatable bonds is 6. The van der Waals surface area contributed by atoms with Crippen molar-refractivity contribution in [2.45, 2.75) is 20.0 Å². The number of carbonyl (C=O) groups excluding carboxylic acids is 1. The van der Waals surface area contributed by atoms with Gasteiger partial charge >= 0.3 is 0 Å². The lowest BCUT2D eigenvalue weighted by molar-refractivity contribution is 0.102. The highest BCUT2D eigenvalue weighted by atomic mass is 16.5. The van der Waals surface area contributed by atoms with Crippen LogP contribution in [-0.2, 0) is 0 Å².